The average Bonchev–Trinajstić information content (AvgIpc) is 2.06. The Hall–Kier alpha value is -1.09. The van der Waals surface area contributed by atoms with Crippen LogP contribution < -0.4 is 5.32 Å². The fourth-order valence-corrected chi connectivity index (χ4v) is 0.863. The molecule has 0 aliphatic carbocycles. The second-order valence-electron chi connectivity index (χ2n) is 1.95. The molecule has 0 aliphatic heterocycles. The lowest BCUT2D eigenvalue weighted by molar-refractivity contribution is -0.105. The lowest BCUT2D eigenvalue weighted by Crippen LogP contribution is -1.96. The summed E-state index contributed by atoms with van der Waals surface area (Å²) in [7, 11) is 0. The molecule has 0 aliphatic rings. The van der Waals surface area contributed by atoms with Crippen molar-refractivity contribution in [2.45, 2.75) is 5.88 Å². The molecule has 11 heavy (non-hydrogen) atoms. The standard InChI is InChI=1S/C7H7ClN2O/c8-4-6-1-2-9-7(3-6)10-5-11/h1-3,5H,4H2,(H,9,10,11). The number of carbonyl (C=O) groups excluding carboxylic acids is 1. The molecule has 1 heterocycles. The Bertz CT molecular complexity index is 252. The lowest BCUT2D eigenvalue weighted by Gasteiger charge is -1.98. The number of halogens is 1. The summed E-state index contributed by atoms with van der Waals surface area (Å²) in [6, 6.07) is 3.52. The zero-order valence-corrected chi connectivity index (χ0v) is 6.51. The van der Waals surface area contributed by atoms with Crippen molar-refractivity contribution in [3.05, 3.63) is 23.9 Å². The molecule has 1 rings (SSSR count). The fourth-order valence-electron chi connectivity index (χ4n) is 0.697. The molecule has 58 valence electrons. The third-order valence-corrected chi connectivity index (χ3v) is 1.49. The number of hydrogen-bond donors (Lipinski definition) is 1. The Morgan fingerprint density at radius 2 is 2.55 bits per heavy atom. The molecule has 3 nitrogen and oxygen atoms in total. The van der Waals surface area contributed by atoms with Crippen molar-refractivity contribution in [2.24, 2.45) is 0 Å². The highest BCUT2D eigenvalue weighted by Crippen LogP contribution is 2.07. The number of alkyl halides is 1. The molecule has 4 heteroatoms. The zero-order chi connectivity index (χ0) is 8.10. The minimum Gasteiger partial charge on any atom is -0.313 e. The number of pyridine rings is 1. The summed E-state index contributed by atoms with van der Waals surface area (Å²) < 4.78 is 0. The van der Waals surface area contributed by atoms with Crippen LogP contribution >= 0.6 is 11.6 Å². The van der Waals surface area contributed by atoms with Crippen LogP contribution in [0.2, 0.25) is 0 Å². The van der Waals surface area contributed by atoms with E-state index in [0.29, 0.717) is 18.1 Å². The predicted molar refractivity (Wildman–Crippen MR) is 43.5 cm³/mol. The van der Waals surface area contributed by atoms with Crippen LogP contribution in [-0.2, 0) is 10.7 Å². The molecule has 0 saturated carbocycles. The molecule has 0 saturated heterocycles. The Kier molecular flexibility index (Phi) is 2.86. The van der Waals surface area contributed by atoms with Gasteiger partial charge in [0, 0.05) is 12.1 Å². The summed E-state index contributed by atoms with van der Waals surface area (Å²) >= 11 is 5.56. The summed E-state index contributed by atoms with van der Waals surface area (Å²) in [6.45, 7) is 0. The van der Waals surface area contributed by atoms with Gasteiger partial charge >= 0.3 is 0 Å². The van der Waals surface area contributed by atoms with Gasteiger partial charge < -0.3 is 5.32 Å². The number of hydrogen-bond acceptors (Lipinski definition) is 2. The summed E-state index contributed by atoms with van der Waals surface area (Å²) in [5.41, 5.74) is 0.936. The van der Waals surface area contributed by atoms with E-state index in [-0.39, 0.29) is 0 Å². The van der Waals surface area contributed by atoms with Crippen LogP contribution in [0, 0.1) is 0 Å². The van der Waals surface area contributed by atoms with Crippen LogP contribution in [0.3, 0.4) is 0 Å². The Morgan fingerprint density at radius 3 is 3.18 bits per heavy atom. The van der Waals surface area contributed by atoms with Crippen molar-refractivity contribution in [1.29, 1.82) is 0 Å². The highest BCUT2D eigenvalue weighted by Gasteiger charge is 1.93. The third-order valence-electron chi connectivity index (χ3n) is 1.19. The summed E-state index contributed by atoms with van der Waals surface area (Å²) in [5, 5.41) is 2.43. The van der Waals surface area contributed by atoms with E-state index in [1.807, 2.05) is 0 Å². The minimum atomic E-state index is 0.427. The number of aromatic nitrogens is 1. The van der Waals surface area contributed by atoms with Crippen LogP contribution in [-0.4, -0.2) is 11.4 Å². The van der Waals surface area contributed by atoms with Crippen LogP contribution in [0.15, 0.2) is 18.3 Å². The molecule has 1 aromatic heterocycles. The minimum absolute atomic E-state index is 0.427. The SMILES string of the molecule is O=CNc1cc(CCl)ccn1. The summed E-state index contributed by atoms with van der Waals surface area (Å²) in [5.74, 6) is 0.953. The van der Waals surface area contributed by atoms with Crippen LogP contribution in [0.25, 0.3) is 0 Å². The van der Waals surface area contributed by atoms with E-state index in [4.69, 9.17) is 11.6 Å². The summed E-state index contributed by atoms with van der Waals surface area (Å²) in [6.07, 6.45) is 2.18. The van der Waals surface area contributed by atoms with Crippen molar-refractivity contribution < 1.29 is 4.79 Å². The van der Waals surface area contributed by atoms with Gasteiger partial charge in [0.2, 0.25) is 6.41 Å². The highest BCUT2D eigenvalue weighted by molar-refractivity contribution is 6.17. The van der Waals surface area contributed by atoms with E-state index < -0.39 is 0 Å². The summed E-state index contributed by atoms with van der Waals surface area (Å²) in [4.78, 5) is 13.9. The van der Waals surface area contributed by atoms with E-state index in [2.05, 4.69) is 10.3 Å². The van der Waals surface area contributed by atoms with Gasteiger partial charge in [-0.15, -0.1) is 11.6 Å². The van der Waals surface area contributed by atoms with Crippen LogP contribution in [0.4, 0.5) is 5.82 Å². The Morgan fingerprint density at radius 1 is 1.73 bits per heavy atom. The number of anilines is 1. The van der Waals surface area contributed by atoms with Gasteiger partial charge in [-0.2, -0.15) is 0 Å². The van der Waals surface area contributed by atoms with Gasteiger partial charge in [0.25, 0.3) is 0 Å². The van der Waals surface area contributed by atoms with E-state index >= 15 is 0 Å². The van der Waals surface area contributed by atoms with Gasteiger partial charge in [-0.05, 0) is 17.7 Å². The molecule has 1 aromatic rings. The van der Waals surface area contributed by atoms with Gasteiger partial charge in [-0.25, -0.2) is 4.98 Å². The van der Waals surface area contributed by atoms with Crippen molar-refractivity contribution in [2.75, 3.05) is 5.32 Å². The lowest BCUT2D eigenvalue weighted by atomic mass is 10.3. The van der Waals surface area contributed by atoms with Gasteiger partial charge in [-0.1, -0.05) is 0 Å². The van der Waals surface area contributed by atoms with Crippen molar-refractivity contribution >= 4 is 23.8 Å². The van der Waals surface area contributed by atoms with E-state index in [0.717, 1.165) is 5.56 Å². The second kappa shape index (κ2) is 3.93. The average molecular weight is 171 g/mol. The molecule has 0 fully saturated rings. The second-order valence-corrected chi connectivity index (χ2v) is 2.21. The molecule has 1 N–H and O–H groups in total. The first-order valence-corrected chi connectivity index (χ1v) is 3.61. The van der Waals surface area contributed by atoms with E-state index in [1.165, 1.54) is 0 Å². The maximum Gasteiger partial charge on any atom is 0.212 e. The largest absolute Gasteiger partial charge is 0.313 e. The quantitative estimate of drug-likeness (QED) is 0.550. The third kappa shape index (κ3) is 2.20. The van der Waals surface area contributed by atoms with Gasteiger partial charge in [0.15, 0.2) is 0 Å². The molecule has 0 radical (unpaired) electrons. The number of amides is 1. The van der Waals surface area contributed by atoms with Crippen molar-refractivity contribution in [3.8, 4) is 0 Å². The molecule has 0 atom stereocenters. The first-order valence-electron chi connectivity index (χ1n) is 3.08. The number of rotatable bonds is 3. The number of nitrogens with zero attached hydrogens (tertiary/aromatic N) is 1. The highest BCUT2D eigenvalue weighted by atomic mass is 35.5. The molecular weight excluding hydrogens is 164 g/mol. The smallest absolute Gasteiger partial charge is 0.212 e. The topological polar surface area (TPSA) is 42.0 Å². The molecule has 0 aromatic carbocycles. The normalized spacial score (nSPS) is 9.18. The fraction of sp³-hybridized carbons (Fsp3) is 0.143. The Balaban J connectivity index is 2.82. The van der Waals surface area contributed by atoms with E-state index in [9.17, 15) is 4.79 Å². The first kappa shape index (κ1) is 8.01. The van der Waals surface area contributed by atoms with Gasteiger partial charge in [0.1, 0.15) is 5.82 Å². The van der Waals surface area contributed by atoms with Gasteiger partial charge in [0.05, 0.1) is 0 Å². The molecular formula is C7H7ClN2O. The van der Waals surface area contributed by atoms with Crippen molar-refractivity contribution in [3.63, 3.8) is 0 Å². The molecule has 1 amide bonds. The van der Waals surface area contributed by atoms with Crippen LogP contribution in [0.1, 0.15) is 5.56 Å². The van der Waals surface area contributed by atoms with Crippen LogP contribution in [0.5, 0.6) is 0 Å². The predicted octanol–water partition coefficient (Wildman–Crippen LogP) is 1.39. The Labute approximate surface area is 69.4 Å². The maximum atomic E-state index is 9.99. The van der Waals surface area contributed by atoms with Crippen molar-refractivity contribution in [1.82, 2.24) is 4.98 Å². The zero-order valence-electron chi connectivity index (χ0n) is 5.75. The number of carbonyl (C=O) groups is 1. The van der Waals surface area contributed by atoms with E-state index in [1.54, 1.807) is 18.3 Å². The van der Waals surface area contributed by atoms with Gasteiger partial charge in [-0.3, -0.25) is 4.79 Å². The maximum absolute atomic E-state index is 9.99. The monoisotopic (exact) mass is 170 g/mol. The number of nitrogens with one attached hydrogen (secondary N) is 1. The molecule has 0 spiro atoms. The molecule has 0 unspecified atom stereocenters. The molecule has 0 bridgehead atoms. The first-order chi connectivity index (χ1) is 5.36.